The molecule has 1 aliphatic heterocycles. The summed E-state index contributed by atoms with van der Waals surface area (Å²) in [5.74, 6) is -0.601. The van der Waals surface area contributed by atoms with Gasteiger partial charge in [0, 0.05) is 42.9 Å². The molecule has 4 aromatic rings. The quantitative estimate of drug-likeness (QED) is 0.327. The average Bonchev–Trinajstić information content (AvgIpc) is 3.30. The average molecular weight is 536 g/mol. The second-order valence-corrected chi connectivity index (χ2v) is 9.55. The van der Waals surface area contributed by atoms with Crippen molar-refractivity contribution in [2.45, 2.75) is 32.0 Å². The Hall–Kier alpha value is -5.05. The summed E-state index contributed by atoms with van der Waals surface area (Å²) in [6.07, 6.45) is 3.97. The maximum atomic E-state index is 13.5. The summed E-state index contributed by atoms with van der Waals surface area (Å²) in [5, 5.41) is 5.79. The number of anilines is 1. The number of carbonyl (C=O) groups excluding carboxylic acids is 3. The smallest absolute Gasteiger partial charge is 0.411 e. The lowest BCUT2D eigenvalue weighted by Gasteiger charge is -2.24. The normalized spacial score (nSPS) is 16.3. The van der Waals surface area contributed by atoms with Gasteiger partial charge in [0.2, 0.25) is 5.91 Å². The number of aromatic nitrogens is 2. The zero-order chi connectivity index (χ0) is 27.9. The van der Waals surface area contributed by atoms with Crippen LogP contribution in [0.1, 0.15) is 38.8 Å². The Morgan fingerprint density at radius 3 is 2.55 bits per heavy atom. The van der Waals surface area contributed by atoms with Crippen LogP contribution in [0.4, 0.5) is 10.5 Å². The van der Waals surface area contributed by atoms with Crippen LogP contribution in [0.25, 0.3) is 0 Å². The van der Waals surface area contributed by atoms with Gasteiger partial charge in [-0.3, -0.25) is 24.5 Å². The van der Waals surface area contributed by atoms with Gasteiger partial charge in [0.25, 0.3) is 5.91 Å². The van der Waals surface area contributed by atoms with Crippen molar-refractivity contribution >= 4 is 23.6 Å². The molecule has 3 amide bonds. The fourth-order valence-electron chi connectivity index (χ4n) is 4.64. The molecule has 2 aromatic carbocycles. The molecular formula is C31H29N5O4. The molecule has 9 heteroatoms. The van der Waals surface area contributed by atoms with Crippen LogP contribution in [0, 0.1) is 6.92 Å². The van der Waals surface area contributed by atoms with E-state index < -0.39 is 18.2 Å². The number of benzene rings is 2. The molecule has 40 heavy (non-hydrogen) atoms. The van der Waals surface area contributed by atoms with Gasteiger partial charge in [-0.1, -0.05) is 48.0 Å². The Morgan fingerprint density at radius 2 is 1.82 bits per heavy atom. The highest BCUT2D eigenvalue weighted by Crippen LogP contribution is 2.34. The fraction of sp³-hybridized carbons (Fsp3) is 0.194. The van der Waals surface area contributed by atoms with E-state index in [2.05, 4.69) is 20.6 Å². The van der Waals surface area contributed by atoms with E-state index in [1.807, 2.05) is 49.4 Å². The van der Waals surface area contributed by atoms with E-state index in [0.717, 1.165) is 16.8 Å². The van der Waals surface area contributed by atoms with E-state index in [-0.39, 0.29) is 18.4 Å². The van der Waals surface area contributed by atoms with Crippen molar-refractivity contribution < 1.29 is 19.1 Å². The highest BCUT2D eigenvalue weighted by atomic mass is 16.6. The lowest BCUT2D eigenvalue weighted by atomic mass is 10.00. The van der Waals surface area contributed by atoms with E-state index in [4.69, 9.17) is 4.74 Å². The largest absolute Gasteiger partial charge is 0.438 e. The van der Waals surface area contributed by atoms with Crippen LogP contribution in [-0.4, -0.2) is 45.4 Å². The Bertz CT molecular complexity index is 1480. The van der Waals surface area contributed by atoms with E-state index in [9.17, 15) is 14.4 Å². The van der Waals surface area contributed by atoms with Crippen molar-refractivity contribution in [3.05, 3.63) is 125 Å². The first-order valence-electron chi connectivity index (χ1n) is 13.0. The van der Waals surface area contributed by atoms with Crippen LogP contribution in [0.5, 0.6) is 0 Å². The minimum atomic E-state index is -0.882. The molecule has 1 fully saturated rings. The van der Waals surface area contributed by atoms with Gasteiger partial charge in [-0.15, -0.1) is 0 Å². The van der Waals surface area contributed by atoms with Gasteiger partial charge in [-0.2, -0.15) is 0 Å². The van der Waals surface area contributed by atoms with E-state index in [1.165, 1.54) is 11.1 Å². The van der Waals surface area contributed by atoms with Crippen LogP contribution in [0.2, 0.25) is 0 Å². The molecular weight excluding hydrogens is 506 g/mol. The standard InChI is InChI=1S/C31H29N5O4/c1-21-6-4-7-22(18-21)20-36-27(30(38)34-17-14-25-9-2-3-16-33-25)28(40-31(36)39)23-10-12-26(13-11-23)35-29(37)24-8-5-15-32-19-24/h2-13,15-16,18-19,27-28H,14,17,20H2,1H3,(H,34,38)(H,35,37)/t27-,28-/m0/s1. The molecule has 3 heterocycles. The summed E-state index contributed by atoms with van der Waals surface area (Å²) in [4.78, 5) is 48.8. The number of aryl methyl sites for hydroxylation is 1. The predicted molar refractivity (Wildman–Crippen MR) is 149 cm³/mol. The first-order chi connectivity index (χ1) is 19.5. The number of hydrogen-bond donors (Lipinski definition) is 2. The van der Waals surface area contributed by atoms with E-state index in [1.54, 1.807) is 48.8 Å². The summed E-state index contributed by atoms with van der Waals surface area (Å²) in [6, 6.07) is 22.9. The number of carbonyl (C=O) groups is 3. The van der Waals surface area contributed by atoms with Crippen LogP contribution < -0.4 is 10.6 Å². The lowest BCUT2D eigenvalue weighted by Crippen LogP contribution is -2.46. The fourth-order valence-corrected chi connectivity index (χ4v) is 4.64. The topological polar surface area (TPSA) is 114 Å². The Kier molecular flexibility index (Phi) is 8.10. The molecule has 2 atom stereocenters. The molecule has 1 aliphatic rings. The van der Waals surface area contributed by atoms with Gasteiger partial charge in [0.05, 0.1) is 12.1 Å². The molecule has 2 aromatic heterocycles. The Labute approximate surface area is 232 Å². The van der Waals surface area contributed by atoms with Crippen molar-refractivity contribution in [3.63, 3.8) is 0 Å². The van der Waals surface area contributed by atoms with Crippen molar-refractivity contribution in [1.29, 1.82) is 0 Å². The van der Waals surface area contributed by atoms with Crippen molar-refractivity contribution in [3.8, 4) is 0 Å². The molecule has 0 aliphatic carbocycles. The van der Waals surface area contributed by atoms with Crippen LogP contribution in [0.3, 0.4) is 0 Å². The summed E-state index contributed by atoms with van der Waals surface area (Å²) >= 11 is 0. The molecule has 0 bridgehead atoms. The zero-order valence-electron chi connectivity index (χ0n) is 22.0. The Morgan fingerprint density at radius 1 is 0.975 bits per heavy atom. The van der Waals surface area contributed by atoms with Gasteiger partial charge in [0.1, 0.15) is 0 Å². The molecule has 0 spiro atoms. The van der Waals surface area contributed by atoms with Crippen LogP contribution in [-0.2, 0) is 22.5 Å². The molecule has 9 nitrogen and oxygen atoms in total. The van der Waals surface area contributed by atoms with Crippen molar-refractivity contribution in [2.75, 3.05) is 11.9 Å². The monoisotopic (exact) mass is 535 g/mol. The van der Waals surface area contributed by atoms with Crippen molar-refractivity contribution in [1.82, 2.24) is 20.2 Å². The summed E-state index contributed by atoms with van der Waals surface area (Å²) in [7, 11) is 0. The third-order valence-corrected chi connectivity index (χ3v) is 6.62. The second-order valence-electron chi connectivity index (χ2n) is 9.55. The molecule has 5 rings (SSSR count). The van der Waals surface area contributed by atoms with Gasteiger partial charge in [0.15, 0.2) is 12.1 Å². The molecule has 2 N–H and O–H groups in total. The maximum Gasteiger partial charge on any atom is 0.411 e. The summed E-state index contributed by atoms with van der Waals surface area (Å²) in [5.41, 5.74) is 4.46. The molecule has 202 valence electrons. The zero-order valence-corrected chi connectivity index (χ0v) is 22.0. The number of amides is 3. The Balaban J connectivity index is 1.34. The highest BCUT2D eigenvalue weighted by Gasteiger charge is 2.46. The molecule has 0 radical (unpaired) electrons. The van der Waals surface area contributed by atoms with E-state index in [0.29, 0.717) is 29.8 Å². The summed E-state index contributed by atoms with van der Waals surface area (Å²) < 4.78 is 5.77. The third-order valence-electron chi connectivity index (χ3n) is 6.62. The minimum absolute atomic E-state index is 0.231. The predicted octanol–water partition coefficient (Wildman–Crippen LogP) is 4.46. The molecule has 1 saturated heterocycles. The summed E-state index contributed by atoms with van der Waals surface area (Å²) in [6.45, 7) is 2.57. The van der Waals surface area contributed by atoms with Crippen LogP contribution >= 0.6 is 0 Å². The van der Waals surface area contributed by atoms with Crippen molar-refractivity contribution in [2.24, 2.45) is 0 Å². The maximum absolute atomic E-state index is 13.5. The molecule has 0 saturated carbocycles. The molecule has 0 unspecified atom stereocenters. The third kappa shape index (κ3) is 6.32. The van der Waals surface area contributed by atoms with Gasteiger partial charge >= 0.3 is 6.09 Å². The van der Waals surface area contributed by atoms with Gasteiger partial charge < -0.3 is 15.4 Å². The van der Waals surface area contributed by atoms with Gasteiger partial charge in [-0.05, 0) is 54.4 Å². The number of cyclic esters (lactones) is 1. The SMILES string of the molecule is Cc1cccc(CN2C(=O)O[C@@H](c3ccc(NC(=O)c4cccnc4)cc3)[C@H]2C(=O)NCCc2ccccn2)c1. The number of nitrogens with zero attached hydrogens (tertiary/aromatic N) is 3. The highest BCUT2D eigenvalue weighted by molar-refractivity contribution is 6.04. The van der Waals surface area contributed by atoms with Gasteiger partial charge in [-0.25, -0.2) is 4.79 Å². The first kappa shape index (κ1) is 26.6. The lowest BCUT2D eigenvalue weighted by molar-refractivity contribution is -0.126. The number of nitrogens with one attached hydrogen (secondary N) is 2. The number of ether oxygens (including phenoxy) is 1. The number of hydrogen-bond acceptors (Lipinski definition) is 6. The number of pyridine rings is 2. The minimum Gasteiger partial charge on any atom is -0.438 e. The number of rotatable bonds is 9. The van der Waals surface area contributed by atoms with E-state index >= 15 is 0 Å². The van der Waals surface area contributed by atoms with Crippen LogP contribution in [0.15, 0.2) is 97.5 Å². The second kappa shape index (κ2) is 12.2. The first-order valence-corrected chi connectivity index (χ1v) is 13.0.